The molecule has 8 heteroatoms. The number of nitrogens with one attached hydrogen (secondary N) is 2. The third-order valence-corrected chi connectivity index (χ3v) is 7.72. The molecular weight excluding hydrogens is 406 g/mol. The van der Waals surface area contributed by atoms with E-state index in [0.717, 1.165) is 28.6 Å². The number of carbonyl (C=O) groups is 1. The summed E-state index contributed by atoms with van der Waals surface area (Å²) >= 11 is 3.12. The maximum atomic E-state index is 12.4. The first-order valence-electron chi connectivity index (χ1n) is 10.5. The first-order chi connectivity index (χ1) is 13.8. The van der Waals surface area contributed by atoms with Crippen LogP contribution in [0.1, 0.15) is 53.9 Å². The summed E-state index contributed by atoms with van der Waals surface area (Å²) in [6.07, 6.45) is 6.58. The number of allylic oxidation sites excluding steroid dienone is 1. The average molecular weight is 440 g/mol. The molecular formula is C21H33N3O3S2. The third-order valence-electron chi connectivity index (χ3n) is 5.55. The molecule has 0 bridgehead atoms. The Balaban J connectivity index is 1.45. The Labute approximate surface area is 182 Å². The van der Waals surface area contributed by atoms with Crippen LogP contribution in [0.2, 0.25) is 0 Å². The van der Waals surface area contributed by atoms with E-state index in [1.807, 2.05) is 6.20 Å². The van der Waals surface area contributed by atoms with E-state index in [-0.39, 0.29) is 12.3 Å². The van der Waals surface area contributed by atoms with Crippen LogP contribution >= 0.6 is 23.1 Å². The van der Waals surface area contributed by atoms with Crippen LogP contribution in [0.4, 0.5) is 9.93 Å². The summed E-state index contributed by atoms with van der Waals surface area (Å²) in [6, 6.07) is 0. The number of hydrogen-bond acceptors (Lipinski definition) is 7. The van der Waals surface area contributed by atoms with Crippen LogP contribution in [-0.4, -0.2) is 29.2 Å². The van der Waals surface area contributed by atoms with Crippen molar-refractivity contribution in [1.29, 1.82) is 0 Å². The molecule has 0 saturated heterocycles. The zero-order valence-corrected chi connectivity index (χ0v) is 19.6. The molecule has 0 spiro atoms. The molecule has 162 valence electrons. The SMILES string of the molecule is CC(C)C1=CNC(CSc2cnc(NC(=O)O[C@@H]3C[C@H](C)CC[C@H]3C(C)C)s2)O1. The number of anilines is 1. The second-order valence-corrected chi connectivity index (χ2v) is 11.0. The van der Waals surface area contributed by atoms with E-state index in [2.05, 4.69) is 50.2 Å². The minimum absolute atomic E-state index is 0.0131. The minimum atomic E-state index is -0.396. The molecule has 1 fully saturated rings. The number of amides is 1. The number of carbonyl (C=O) groups excluding carboxylic acids is 1. The third kappa shape index (κ3) is 6.28. The van der Waals surface area contributed by atoms with Crippen LogP contribution in [-0.2, 0) is 9.47 Å². The molecule has 0 aromatic carbocycles. The lowest BCUT2D eigenvalue weighted by molar-refractivity contribution is 0.0126. The highest BCUT2D eigenvalue weighted by atomic mass is 32.2. The van der Waals surface area contributed by atoms with Gasteiger partial charge >= 0.3 is 6.09 Å². The van der Waals surface area contributed by atoms with Crippen molar-refractivity contribution >= 4 is 34.3 Å². The fourth-order valence-corrected chi connectivity index (χ4v) is 5.66. The van der Waals surface area contributed by atoms with Gasteiger partial charge in [-0.05, 0) is 30.6 Å². The Morgan fingerprint density at radius 3 is 2.90 bits per heavy atom. The van der Waals surface area contributed by atoms with Crippen LogP contribution in [0.25, 0.3) is 0 Å². The van der Waals surface area contributed by atoms with Crippen LogP contribution in [0.3, 0.4) is 0 Å². The van der Waals surface area contributed by atoms with Gasteiger partial charge in [-0.15, -0.1) is 11.8 Å². The molecule has 1 aliphatic carbocycles. The van der Waals surface area contributed by atoms with Crippen molar-refractivity contribution in [2.24, 2.45) is 23.7 Å². The van der Waals surface area contributed by atoms with Gasteiger partial charge in [0.1, 0.15) is 11.9 Å². The average Bonchev–Trinajstić information content (AvgIpc) is 3.29. The van der Waals surface area contributed by atoms with E-state index in [9.17, 15) is 4.79 Å². The predicted molar refractivity (Wildman–Crippen MR) is 119 cm³/mol. The Bertz CT molecular complexity index is 720. The van der Waals surface area contributed by atoms with Crippen molar-refractivity contribution in [1.82, 2.24) is 10.3 Å². The van der Waals surface area contributed by atoms with Gasteiger partial charge in [0, 0.05) is 12.1 Å². The monoisotopic (exact) mass is 439 g/mol. The van der Waals surface area contributed by atoms with Crippen molar-refractivity contribution in [2.45, 2.75) is 70.4 Å². The number of thiazole rings is 1. The Kier molecular flexibility index (Phi) is 7.73. The first-order valence-corrected chi connectivity index (χ1v) is 12.3. The van der Waals surface area contributed by atoms with Gasteiger partial charge in [0.2, 0.25) is 0 Å². The largest absolute Gasteiger partial charge is 0.472 e. The summed E-state index contributed by atoms with van der Waals surface area (Å²) < 4.78 is 12.7. The van der Waals surface area contributed by atoms with Crippen LogP contribution in [0.15, 0.2) is 22.4 Å². The van der Waals surface area contributed by atoms with Crippen LogP contribution in [0.5, 0.6) is 0 Å². The molecule has 1 amide bonds. The van der Waals surface area contributed by atoms with E-state index >= 15 is 0 Å². The highest BCUT2D eigenvalue weighted by Crippen LogP contribution is 2.36. The maximum absolute atomic E-state index is 12.4. The highest BCUT2D eigenvalue weighted by molar-refractivity contribution is 8.01. The Morgan fingerprint density at radius 2 is 2.21 bits per heavy atom. The number of hydrogen-bond donors (Lipinski definition) is 2. The lowest BCUT2D eigenvalue weighted by atomic mass is 9.75. The lowest BCUT2D eigenvalue weighted by Gasteiger charge is -2.36. The van der Waals surface area contributed by atoms with Crippen molar-refractivity contribution < 1.29 is 14.3 Å². The summed E-state index contributed by atoms with van der Waals surface area (Å²) in [4.78, 5) is 16.7. The summed E-state index contributed by atoms with van der Waals surface area (Å²) in [5.41, 5.74) is 0. The number of thioether (sulfide) groups is 1. The Morgan fingerprint density at radius 1 is 1.41 bits per heavy atom. The first kappa shape index (κ1) is 22.3. The highest BCUT2D eigenvalue weighted by Gasteiger charge is 2.33. The van der Waals surface area contributed by atoms with Gasteiger partial charge in [-0.1, -0.05) is 52.4 Å². The zero-order chi connectivity index (χ0) is 21.0. The molecule has 4 atom stereocenters. The Hall–Kier alpha value is -1.41. The van der Waals surface area contributed by atoms with Crippen molar-refractivity contribution in [2.75, 3.05) is 11.1 Å². The van der Waals surface area contributed by atoms with E-state index < -0.39 is 6.09 Å². The quantitative estimate of drug-likeness (QED) is 0.532. The normalized spacial score (nSPS) is 26.8. The predicted octanol–water partition coefficient (Wildman–Crippen LogP) is 5.69. The molecule has 1 aliphatic heterocycles. The van der Waals surface area contributed by atoms with Gasteiger partial charge in [-0.3, -0.25) is 5.32 Å². The molecule has 2 N–H and O–H groups in total. The molecule has 29 heavy (non-hydrogen) atoms. The second kappa shape index (κ2) is 10.1. The summed E-state index contributed by atoms with van der Waals surface area (Å²) in [5, 5.41) is 6.63. The molecule has 3 rings (SSSR count). The maximum Gasteiger partial charge on any atom is 0.413 e. The van der Waals surface area contributed by atoms with E-state index in [4.69, 9.17) is 9.47 Å². The second-order valence-electron chi connectivity index (χ2n) is 8.66. The van der Waals surface area contributed by atoms with Crippen LogP contribution < -0.4 is 10.6 Å². The molecule has 1 aromatic rings. The standard InChI is InChI=1S/C21H33N3O3S2/c1-12(2)15-7-6-14(5)8-16(15)27-21(25)24-20-23-10-19(29-20)28-11-18-22-9-17(26-18)13(3)4/h9-10,12-16,18,22H,6-8,11H2,1-5H3,(H,23,24,25)/t14-,15+,16-,18?/m1/s1. The molecule has 2 heterocycles. The molecule has 0 radical (unpaired) electrons. The minimum Gasteiger partial charge on any atom is -0.472 e. The van der Waals surface area contributed by atoms with Gasteiger partial charge in [-0.2, -0.15) is 0 Å². The van der Waals surface area contributed by atoms with E-state index in [1.54, 1.807) is 18.0 Å². The van der Waals surface area contributed by atoms with Crippen molar-refractivity contribution in [3.8, 4) is 0 Å². The number of ether oxygens (including phenoxy) is 2. The fourth-order valence-electron chi connectivity index (χ4n) is 3.84. The summed E-state index contributed by atoms with van der Waals surface area (Å²) in [6.45, 7) is 10.9. The summed E-state index contributed by atoms with van der Waals surface area (Å²) in [5.74, 6) is 3.69. The number of nitrogens with zero attached hydrogens (tertiary/aromatic N) is 1. The smallest absolute Gasteiger partial charge is 0.413 e. The molecule has 6 nitrogen and oxygen atoms in total. The fraction of sp³-hybridized carbons (Fsp3) is 0.714. The number of aromatic nitrogens is 1. The lowest BCUT2D eigenvalue weighted by Crippen LogP contribution is -2.36. The molecule has 1 saturated carbocycles. The van der Waals surface area contributed by atoms with Gasteiger partial charge in [0.05, 0.1) is 16.2 Å². The molecule has 1 unspecified atom stereocenters. The topological polar surface area (TPSA) is 72.5 Å². The van der Waals surface area contributed by atoms with Crippen LogP contribution in [0, 0.1) is 23.7 Å². The van der Waals surface area contributed by atoms with Crippen molar-refractivity contribution in [3.05, 3.63) is 18.2 Å². The van der Waals surface area contributed by atoms with Gasteiger partial charge in [-0.25, -0.2) is 9.78 Å². The van der Waals surface area contributed by atoms with E-state index in [0.29, 0.717) is 28.8 Å². The van der Waals surface area contributed by atoms with Gasteiger partial charge in [0.25, 0.3) is 0 Å². The zero-order valence-electron chi connectivity index (χ0n) is 17.9. The number of rotatable bonds is 7. The van der Waals surface area contributed by atoms with Gasteiger partial charge < -0.3 is 14.8 Å². The van der Waals surface area contributed by atoms with E-state index in [1.165, 1.54) is 17.8 Å². The van der Waals surface area contributed by atoms with Crippen molar-refractivity contribution in [3.63, 3.8) is 0 Å². The summed E-state index contributed by atoms with van der Waals surface area (Å²) in [7, 11) is 0. The van der Waals surface area contributed by atoms with Gasteiger partial charge in [0.15, 0.2) is 11.4 Å². The molecule has 2 aliphatic rings. The molecule has 1 aromatic heterocycles.